The van der Waals surface area contributed by atoms with Crippen molar-refractivity contribution in [1.29, 1.82) is 0 Å². The van der Waals surface area contributed by atoms with Crippen LogP contribution < -0.4 is 55.7 Å². The van der Waals surface area contributed by atoms with Crippen LogP contribution in [0.25, 0.3) is 0 Å². The van der Waals surface area contributed by atoms with E-state index >= 15 is 8.78 Å². The van der Waals surface area contributed by atoms with Crippen molar-refractivity contribution >= 4 is 93.2 Å². The molecule has 14 aliphatic rings. The first-order valence-electron chi connectivity index (χ1n) is 50.1. The Kier molecular flexibility index (Phi) is 58.3. The van der Waals surface area contributed by atoms with Crippen molar-refractivity contribution in [2.24, 2.45) is 90.7 Å². The monoisotopic (exact) mass is 2100 g/mol. The quantitative estimate of drug-likeness (QED) is 0.0170. The fourth-order valence-electron chi connectivity index (χ4n) is 23.6. The van der Waals surface area contributed by atoms with Crippen LogP contribution in [-0.4, -0.2) is 198 Å². The average molecular weight is 2110 g/mol. The Hall–Kier alpha value is -8.92. The minimum atomic E-state index is -2.06. The summed E-state index contributed by atoms with van der Waals surface area (Å²) in [5.74, 6) is 12.6. The van der Waals surface area contributed by atoms with Crippen molar-refractivity contribution in [3.05, 3.63) is 121 Å². The lowest BCUT2D eigenvalue weighted by Gasteiger charge is -2.62. The number of ketones is 2. The number of hydrazine groups is 3. The van der Waals surface area contributed by atoms with Gasteiger partial charge < -0.3 is 69.7 Å². The number of hydrogen-bond acceptors (Lipinski definition) is 28. The topological polar surface area (TPSA) is 548 Å². The van der Waals surface area contributed by atoms with Crippen LogP contribution in [0.1, 0.15) is 330 Å². The number of aliphatic hydroxyl groups excluding tert-OH is 4. The number of alkyl halides is 2. The van der Waals surface area contributed by atoms with Gasteiger partial charge in [-0.25, -0.2) is 60.1 Å². The molecule has 0 radical (unpaired) electrons. The van der Waals surface area contributed by atoms with Gasteiger partial charge in [0.2, 0.25) is 0 Å². The predicted octanol–water partition coefficient (Wildman–Crippen LogP) is 18.9. The number of nitrogens with one attached hydrogen (secondary N) is 6. The average Bonchev–Trinajstić information content (AvgIpc) is 1.46. The second-order valence-electron chi connectivity index (χ2n) is 39.8. The van der Waals surface area contributed by atoms with Gasteiger partial charge in [0.05, 0.1) is 23.6 Å². The number of amides is 6. The third kappa shape index (κ3) is 34.0. The number of carbonyl (C=O) groups is 10. The van der Waals surface area contributed by atoms with E-state index in [4.69, 9.17) is 63.3 Å². The Morgan fingerprint density at radius 1 is 0.404 bits per heavy atom. The number of allylic oxidation sites excluding steroid dienone is 14. The Bertz CT molecular complexity index is 4510. The van der Waals surface area contributed by atoms with Crippen molar-refractivity contribution in [1.82, 2.24) is 32.3 Å². The molecule has 6 saturated carbocycles. The first-order chi connectivity index (χ1) is 66.8. The zero-order valence-corrected chi connectivity index (χ0v) is 83.6. The number of hydrazone groups is 2. The number of alkyl carbamates (subject to hydrolysis) is 2. The highest BCUT2D eigenvalue weighted by Gasteiger charge is 2.77. The summed E-state index contributed by atoms with van der Waals surface area (Å²) in [7, 11) is 0. The summed E-state index contributed by atoms with van der Waals surface area (Å²) in [5.41, 5.74) is -2.43. The SMILES string of the molecule is C.C.C.C.C.C.C[C@@H]1C[C@H]2[C@@H]3CCC4=C/C(=N/NC(=O)CNC(=O)OC5/C=C/CCCCC5)C=C[C@]4(C)[C@@]3(F)[C@@H](O)C[C@]2(C)[C@@]1(O)C(=O)CO.C[C@@H]1C[C@H]2[C@@H]3CCC4=C/C(=N/NC(=O)OC5/C=C/CCCCC5)C=C[C@]4(C)[C@@]3(F)[C@@H](O)C[C@]2(C)[C@@]1(O)C(=O)CO.NN.NNC(=O)CNC(=O)OC1/C=C/CCCCC1.NNC(=O)OC1/C=C/CCCCC1.O=C(Cl)OC1/C=C/CCCCC1.O=C(Cl)OC1/C=C/CCCCC1. The van der Waals surface area contributed by atoms with E-state index in [2.05, 4.69) is 61.6 Å². The standard InChI is InChI=1S/C33H46FN3O7.C31H43FN2O6.C11H19N3O3.2C9H13ClO2.C9H16N2O2.6CH4.H4N2/c1-20-15-25-24-12-11-21-16-22(36-37-28(41)18-35-29(42)44-23-9-7-5-4-6-8-10-23)13-14-30(21,2)32(24,34)26(39)17-31(25,3)33(20,43)27(40)19-38;1-19-15-24-23-12-11-20-16-21(33-34-27(38)40-22-9-7-5-4-6-8-10-22)13-14-28(20,2)30(23,32)25(36)17-29(24,3)31(19,39)26(37)18-35;12-14-10(15)8-13-11(16)17-9-6-4-2-1-3-5-7-9;2*10-9(11)12-8-6-4-2-1-3-5-7-8;10-11-9(12)13-8-6-4-2-1-3-5-7-8;;;;;;;1-2/h7,9,13-14,16,20,23-26,38-39,43H,4-6,8,10-12,15,17-19H2,1-3H3,(H,35,42)(H,37,41);7,9,13-14,16,19,22-25,35-36,39H,4-6,8,10-12,15,17-18H2,1-3H3,(H,34,38);4,6,9H,1-3,5,7-8,12H2,(H,13,16)(H,14,15);2*4,6,8H,1-3,5,7H2;4,6,8H,1-3,5,7,10H2,(H,11,12);6*1H4;1-2H2/b9-7+,36-22+;9-7+,33-21+;4*6-4+;;;;;;;/t20-,23?,24+,25+,26+,30+,31+,32+,33+;19-,22?,23+,24+,25+,28+,29+,30+,31+;;;;;;;;;;;/m11.........../s1. The van der Waals surface area contributed by atoms with Crippen molar-refractivity contribution in [3.8, 4) is 0 Å². The molecule has 6 amide bonds. The molecular weight excluding hydrogens is 1930 g/mol. The lowest BCUT2D eigenvalue weighted by Crippen LogP contribution is -2.69. The molecule has 0 aromatic rings. The molecule has 6 unspecified atom stereocenters. The van der Waals surface area contributed by atoms with Crippen LogP contribution in [0, 0.1) is 57.2 Å². The minimum Gasteiger partial charge on any atom is -0.446 e. The summed E-state index contributed by atoms with van der Waals surface area (Å²) in [4.78, 5) is 116. The highest BCUT2D eigenvalue weighted by molar-refractivity contribution is 6.61. The van der Waals surface area contributed by atoms with Gasteiger partial charge in [-0.1, -0.05) is 171 Å². The molecule has 0 heterocycles. The van der Waals surface area contributed by atoms with Crippen molar-refractivity contribution in [3.63, 3.8) is 0 Å². The van der Waals surface area contributed by atoms with Gasteiger partial charge in [0.15, 0.2) is 22.9 Å². The number of fused-ring (bicyclic) bond motifs is 10. The van der Waals surface area contributed by atoms with Crippen LogP contribution in [0.5, 0.6) is 0 Å². The molecule has 0 aliphatic heterocycles. The Labute approximate surface area is 875 Å². The maximum atomic E-state index is 17.5. The lowest BCUT2D eigenvalue weighted by atomic mass is 9.44. The maximum absolute atomic E-state index is 17.5. The fourth-order valence-corrected chi connectivity index (χ4v) is 23.8. The number of carbonyl (C=O) groups excluding carboxylic acids is 10. The zero-order chi connectivity index (χ0) is 102. The van der Waals surface area contributed by atoms with E-state index in [-0.39, 0.29) is 119 Å². The Morgan fingerprint density at radius 3 is 0.986 bits per heavy atom. The molecule has 0 saturated heterocycles. The summed E-state index contributed by atoms with van der Waals surface area (Å²) in [5, 5.41) is 78.6. The molecule has 0 spiro atoms. The van der Waals surface area contributed by atoms with Crippen LogP contribution in [0.2, 0.25) is 0 Å². The second-order valence-corrected chi connectivity index (χ2v) is 40.4. The van der Waals surface area contributed by atoms with Gasteiger partial charge in [-0.15, -0.1) is 0 Å². The molecule has 0 aromatic carbocycles. The van der Waals surface area contributed by atoms with E-state index in [1.807, 2.05) is 65.5 Å². The first kappa shape index (κ1) is 133. The van der Waals surface area contributed by atoms with Gasteiger partial charge in [-0.3, -0.25) is 41.7 Å². The molecule has 146 heavy (non-hydrogen) atoms. The Morgan fingerprint density at radius 2 is 0.692 bits per heavy atom. The van der Waals surface area contributed by atoms with E-state index in [1.165, 1.54) is 44.9 Å². The van der Waals surface area contributed by atoms with E-state index in [1.54, 1.807) is 78.0 Å². The van der Waals surface area contributed by atoms with Gasteiger partial charge in [-0.2, -0.15) is 10.2 Å². The number of hydrogen-bond donors (Lipinski definition) is 16. The Balaban J connectivity index is 0.000000638. The van der Waals surface area contributed by atoms with Gasteiger partial charge in [0.25, 0.3) is 11.8 Å². The van der Waals surface area contributed by atoms with E-state index in [0.29, 0.717) is 49.9 Å². The van der Waals surface area contributed by atoms with Crippen molar-refractivity contribution in [2.45, 2.75) is 401 Å². The van der Waals surface area contributed by atoms with Gasteiger partial charge >= 0.3 is 35.2 Å². The summed E-state index contributed by atoms with van der Waals surface area (Å²) in [6.45, 7) is 8.49. The summed E-state index contributed by atoms with van der Waals surface area (Å²) < 4.78 is 65.8. The van der Waals surface area contributed by atoms with Crippen LogP contribution in [0.3, 0.4) is 0 Å². The summed E-state index contributed by atoms with van der Waals surface area (Å²) >= 11 is 10.2. The molecule has 6 fully saturated rings. The number of halogens is 4. The smallest absolute Gasteiger partial charge is 0.428 e. The highest BCUT2D eigenvalue weighted by atomic mass is 35.5. The molecule has 34 nitrogen and oxygen atoms in total. The van der Waals surface area contributed by atoms with Crippen LogP contribution >= 0.6 is 23.2 Å². The van der Waals surface area contributed by atoms with E-state index < -0.39 is 152 Å². The van der Waals surface area contributed by atoms with Gasteiger partial charge in [-0.05, 0) is 304 Å². The maximum Gasteiger partial charge on any atom is 0.428 e. The number of nitrogens with zero attached hydrogens (tertiary/aromatic N) is 2. The normalized spacial score (nSPS) is 34.9. The summed E-state index contributed by atoms with van der Waals surface area (Å²) in [6, 6.07) is 0. The number of ether oxygens (including phenoxy) is 6. The molecule has 22 atom stereocenters. The number of rotatable bonds is 16. The highest BCUT2D eigenvalue weighted by Crippen LogP contribution is 2.73. The van der Waals surface area contributed by atoms with Crippen molar-refractivity contribution < 1.29 is 116 Å². The van der Waals surface area contributed by atoms with Gasteiger partial charge in [0, 0.05) is 56.7 Å². The molecule has 14 aliphatic carbocycles. The molecular formula is C108H178Cl2F2N12O22. The molecule has 830 valence electrons. The number of aliphatic hydroxyl groups is 6. The molecule has 20 N–H and O–H groups in total. The largest absolute Gasteiger partial charge is 0.446 e. The molecule has 0 bridgehead atoms. The third-order valence-corrected chi connectivity index (χ3v) is 31.2. The summed E-state index contributed by atoms with van der Waals surface area (Å²) in [6.07, 6.45) is 61.7. The van der Waals surface area contributed by atoms with E-state index in [9.17, 15) is 78.6 Å². The molecule has 38 heteroatoms. The molecule has 0 aromatic heterocycles. The minimum absolute atomic E-state index is 0. The van der Waals surface area contributed by atoms with Crippen molar-refractivity contribution in [2.75, 3.05) is 26.3 Å². The molecule has 14 rings (SSSR count). The first-order valence-corrected chi connectivity index (χ1v) is 50.9. The van der Waals surface area contributed by atoms with Gasteiger partial charge in [0.1, 0.15) is 74.1 Å². The predicted molar refractivity (Wildman–Crippen MR) is 567 cm³/mol. The van der Waals surface area contributed by atoms with E-state index in [0.717, 1.165) is 159 Å². The van der Waals surface area contributed by atoms with Crippen LogP contribution in [-0.2, 0) is 47.6 Å². The zero-order valence-electron chi connectivity index (χ0n) is 82.1. The second kappa shape index (κ2) is 63.9. The van der Waals surface area contributed by atoms with Crippen LogP contribution in [0.15, 0.2) is 131 Å². The fraction of sp³-hybridized carbons (Fsp3) is 0.704. The third-order valence-electron chi connectivity index (χ3n) is 31.0. The lowest BCUT2D eigenvalue weighted by molar-refractivity contribution is -0.219. The number of nitrogens with two attached hydrogens (primary N) is 4. The number of Topliss-reactive ketones (excluding diaryl/α,β-unsaturated/α-hetero) is 2. The van der Waals surface area contributed by atoms with Crippen LogP contribution in [0.4, 0.5) is 37.5 Å².